The van der Waals surface area contributed by atoms with Gasteiger partial charge in [-0.25, -0.2) is 4.39 Å². The van der Waals surface area contributed by atoms with E-state index in [2.05, 4.69) is 26.1 Å². The molecule has 0 aliphatic heterocycles. The number of carboxylic acid groups (broad SMARTS) is 1. The third-order valence-corrected chi connectivity index (χ3v) is 4.35. The van der Waals surface area contributed by atoms with Crippen molar-refractivity contribution in [1.82, 2.24) is 14.8 Å². The van der Waals surface area contributed by atoms with E-state index in [9.17, 15) is 9.18 Å². The molecule has 1 heterocycles. The first-order valence-corrected chi connectivity index (χ1v) is 8.03. The number of carbonyl (C=O) groups is 1. The number of nitrogens with zero attached hydrogens (tertiary/aromatic N) is 3. The van der Waals surface area contributed by atoms with Crippen molar-refractivity contribution in [3.8, 4) is 5.69 Å². The first-order valence-electron chi connectivity index (χ1n) is 5.87. The highest BCUT2D eigenvalue weighted by Crippen LogP contribution is 2.34. The zero-order chi connectivity index (χ0) is 15.6. The minimum Gasteiger partial charge on any atom is -0.481 e. The van der Waals surface area contributed by atoms with Gasteiger partial charge in [0.1, 0.15) is 11.6 Å². The van der Waals surface area contributed by atoms with Crippen LogP contribution in [0.25, 0.3) is 5.69 Å². The van der Waals surface area contributed by atoms with Crippen LogP contribution in [-0.4, -0.2) is 31.6 Å². The number of rotatable bonds is 5. The van der Waals surface area contributed by atoms with Crippen LogP contribution in [-0.2, 0) is 11.2 Å². The van der Waals surface area contributed by atoms with Crippen LogP contribution in [0.1, 0.15) is 12.7 Å². The molecule has 0 fully saturated rings. The van der Waals surface area contributed by atoms with Gasteiger partial charge in [0.25, 0.3) is 0 Å². The summed E-state index contributed by atoms with van der Waals surface area (Å²) in [4.78, 5) is 10.7. The summed E-state index contributed by atoms with van der Waals surface area (Å²) in [5, 5.41) is 17.4. The van der Waals surface area contributed by atoms with E-state index in [-0.39, 0.29) is 10.8 Å². The number of aryl methyl sites for hydroxylation is 1. The van der Waals surface area contributed by atoms with Crippen LogP contribution >= 0.6 is 39.3 Å². The highest BCUT2D eigenvalue weighted by Gasteiger charge is 2.19. The molecule has 1 aromatic heterocycles. The monoisotopic (exact) mass is 393 g/mol. The molecule has 0 saturated heterocycles. The van der Waals surface area contributed by atoms with Crippen molar-refractivity contribution in [2.24, 2.45) is 0 Å². The second-order valence-electron chi connectivity index (χ2n) is 3.99. The summed E-state index contributed by atoms with van der Waals surface area (Å²) in [7, 11) is 0. The molecule has 21 heavy (non-hydrogen) atoms. The molecule has 5 nitrogen and oxygen atoms in total. The molecule has 0 aliphatic carbocycles. The van der Waals surface area contributed by atoms with Crippen LogP contribution in [0.2, 0.25) is 5.02 Å². The van der Waals surface area contributed by atoms with E-state index in [4.69, 9.17) is 16.7 Å². The van der Waals surface area contributed by atoms with E-state index in [0.717, 1.165) is 11.8 Å². The smallest absolute Gasteiger partial charge is 0.313 e. The van der Waals surface area contributed by atoms with Crippen molar-refractivity contribution < 1.29 is 14.3 Å². The van der Waals surface area contributed by atoms with Gasteiger partial charge in [-0.05, 0) is 28.1 Å². The van der Waals surface area contributed by atoms with Gasteiger partial charge in [0.05, 0.1) is 16.5 Å². The molecule has 2 aromatic rings. The largest absolute Gasteiger partial charge is 0.481 e. The van der Waals surface area contributed by atoms with E-state index in [1.807, 2.05) is 6.92 Å². The molecule has 0 spiro atoms. The van der Waals surface area contributed by atoms with Gasteiger partial charge in [0.15, 0.2) is 5.16 Å². The number of hydrogen-bond acceptors (Lipinski definition) is 4. The fourth-order valence-electron chi connectivity index (χ4n) is 1.72. The Morgan fingerprint density at radius 2 is 2.24 bits per heavy atom. The van der Waals surface area contributed by atoms with E-state index in [0.29, 0.717) is 27.6 Å². The van der Waals surface area contributed by atoms with Crippen LogP contribution < -0.4 is 0 Å². The average Bonchev–Trinajstić information content (AvgIpc) is 2.78. The molecule has 0 unspecified atom stereocenters. The summed E-state index contributed by atoms with van der Waals surface area (Å²) >= 11 is 10.4. The van der Waals surface area contributed by atoms with Crippen LogP contribution in [0.15, 0.2) is 21.8 Å². The predicted molar refractivity (Wildman–Crippen MR) is 81.8 cm³/mol. The molecule has 0 radical (unpaired) electrons. The number of hydrogen-bond donors (Lipinski definition) is 1. The van der Waals surface area contributed by atoms with Gasteiger partial charge in [0, 0.05) is 10.9 Å². The maximum atomic E-state index is 13.3. The van der Waals surface area contributed by atoms with Gasteiger partial charge in [0.2, 0.25) is 0 Å². The zero-order valence-electron chi connectivity index (χ0n) is 10.8. The van der Waals surface area contributed by atoms with Gasteiger partial charge in [-0.15, -0.1) is 10.2 Å². The van der Waals surface area contributed by atoms with Crippen molar-refractivity contribution in [2.75, 3.05) is 5.75 Å². The number of aliphatic carboxylic acids is 1. The van der Waals surface area contributed by atoms with Crippen molar-refractivity contribution in [2.45, 2.75) is 18.5 Å². The SMILES string of the molecule is CCc1nnc(SCC(=O)O)n1-c1c(Cl)cc(F)cc1Br. The summed E-state index contributed by atoms with van der Waals surface area (Å²) in [6.07, 6.45) is 0.570. The number of benzene rings is 1. The van der Waals surface area contributed by atoms with Crippen LogP contribution in [0.4, 0.5) is 4.39 Å². The van der Waals surface area contributed by atoms with Gasteiger partial charge < -0.3 is 5.11 Å². The standard InChI is InChI=1S/C12H10BrClFN3O2S/c1-2-9-16-17-12(21-5-10(19)20)18(9)11-7(13)3-6(15)4-8(11)14/h3-4H,2,5H2,1H3,(H,19,20). The highest BCUT2D eigenvalue weighted by atomic mass is 79.9. The average molecular weight is 395 g/mol. The van der Waals surface area contributed by atoms with Gasteiger partial charge >= 0.3 is 5.97 Å². The summed E-state index contributed by atoms with van der Waals surface area (Å²) in [5.74, 6) is -0.978. The molecule has 2 rings (SSSR count). The van der Waals surface area contributed by atoms with E-state index in [1.165, 1.54) is 12.1 Å². The molecular weight excluding hydrogens is 385 g/mol. The minimum atomic E-state index is -0.961. The number of halogens is 3. The van der Waals surface area contributed by atoms with Crippen molar-refractivity contribution in [1.29, 1.82) is 0 Å². The summed E-state index contributed by atoms with van der Waals surface area (Å²) in [6.45, 7) is 1.89. The lowest BCUT2D eigenvalue weighted by Gasteiger charge is -2.13. The van der Waals surface area contributed by atoms with Gasteiger partial charge in [-0.3, -0.25) is 9.36 Å². The minimum absolute atomic E-state index is 0.154. The van der Waals surface area contributed by atoms with Crippen molar-refractivity contribution >= 4 is 45.3 Å². The molecule has 1 aromatic carbocycles. The number of carboxylic acids is 1. The molecule has 0 bridgehead atoms. The summed E-state index contributed by atoms with van der Waals surface area (Å²) in [5.41, 5.74) is 0.493. The Labute approximate surface area is 137 Å². The maximum absolute atomic E-state index is 13.3. The van der Waals surface area contributed by atoms with Gasteiger partial charge in [-0.2, -0.15) is 0 Å². The molecule has 0 amide bonds. The molecule has 1 N–H and O–H groups in total. The fourth-order valence-corrected chi connectivity index (χ4v) is 3.41. The van der Waals surface area contributed by atoms with E-state index < -0.39 is 11.8 Å². The first-order chi connectivity index (χ1) is 9.93. The normalized spacial score (nSPS) is 10.9. The molecular formula is C12H10BrClFN3O2S. The maximum Gasteiger partial charge on any atom is 0.313 e. The molecule has 0 atom stereocenters. The van der Waals surface area contributed by atoms with Crippen LogP contribution in [0.5, 0.6) is 0 Å². The topological polar surface area (TPSA) is 68.0 Å². The first kappa shape index (κ1) is 16.3. The van der Waals surface area contributed by atoms with E-state index in [1.54, 1.807) is 4.57 Å². The zero-order valence-corrected chi connectivity index (χ0v) is 14.0. The summed E-state index contributed by atoms with van der Waals surface area (Å²) < 4.78 is 15.4. The molecule has 9 heteroatoms. The summed E-state index contributed by atoms with van der Waals surface area (Å²) in [6, 6.07) is 2.47. The Morgan fingerprint density at radius 1 is 1.52 bits per heavy atom. The van der Waals surface area contributed by atoms with Crippen LogP contribution in [0, 0.1) is 5.82 Å². The predicted octanol–water partition coefficient (Wildman–Crippen LogP) is 3.56. The fraction of sp³-hybridized carbons (Fsp3) is 0.250. The van der Waals surface area contributed by atoms with Crippen molar-refractivity contribution in [3.63, 3.8) is 0 Å². The second-order valence-corrected chi connectivity index (χ2v) is 6.19. The quantitative estimate of drug-likeness (QED) is 0.785. The Kier molecular flexibility index (Phi) is 5.23. The van der Waals surface area contributed by atoms with E-state index >= 15 is 0 Å². The van der Waals surface area contributed by atoms with Crippen LogP contribution in [0.3, 0.4) is 0 Å². The third kappa shape index (κ3) is 3.56. The number of aromatic nitrogens is 3. The Morgan fingerprint density at radius 3 is 2.81 bits per heavy atom. The molecule has 112 valence electrons. The number of thioether (sulfide) groups is 1. The Balaban J connectivity index is 2.56. The lowest BCUT2D eigenvalue weighted by molar-refractivity contribution is -0.133. The third-order valence-electron chi connectivity index (χ3n) is 2.55. The second kappa shape index (κ2) is 6.76. The Bertz CT molecular complexity index is 672. The molecule has 0 aliphatic rings. The Hall–Kier alpha value is -1.12. The van der Waals surface area contributed by atoms with Gasteiger partial charge in [-0.1, -0.05) is 30.3 Å². The lowest BCUT2D eigenvalue weighted by Crippen LogP contribution is -2.06. The molecule has 0 saturated carbocycles. The highest BCUT2D eigenvalue weighted by molar-refractivity contribution is 9.10. The van der Waals surface area contributed by atoms with Crippen molar-refractivity contribution in [3.05, 3.63) is 33.3 Å². The lowest BCUT2D eigenvalue weighted by atomic mass is 10.3.